The van der Waals surface area contributed by atoms with Gasteiger partial charge in [-0.1, -0.05) is 298 Å². The van der Waals surface area contributed by atoms with E-state index < -0.39 is 124 Å². The third kappa shape index (κ3) is 40.7. The van der Waals surface area contributed by atoms with Gasteiger partial charge in [0.1, 0.15) is 73.2 Å². The van der Waals surface area contributed by atoms with Crippen molar-refractivity contribution in [2.45, 2.75) is 388 Å². The van der Waals surface area contributed by atoms with Crippen LogP contribution < -0.4 is 5.32 Å². The SMILES string of the molecule is CC/C=C\C/C=C\C/C=C\C/C=C\C/C=C\C/C=C\C/C=C\CCCC(=O)NC(COC1OC(CO)C(OC2OC(CO)C(OC3OC(CO)C(O)C(O)C3O)C(O)C2O)C(O)C1O)C(O)CCCCCCCCCCCCCCCCCCCCCCCCCCCCCCCCC. The number of carbonyl (C=O) groups is 1. The lowest BCUT2D eigenvalue weighted by molar-refractivity contribution is -0.379. The van der Waals surface area contributed by atoms with E-state index in [1.807, 2.05) is 6.08 Å². The fourth-order valence-corrected chi connectivity index (χ4v) is 13.0. The Morgan fingerprint density at radius 3 is 1.05 bits per heavy atom. The zero-order valence-corrected chi connectivity index (χ0v) is 61.2. The molecule has 19 nitrogen and oxygen atoms in total. The van der Waals surface area contributed by atoms with Crippen LogP contribution in [0.1, 0.15) is 284 Å². The van der Waals surface area contributed by atoms with Crippen molar-refractivity contribution in [3.63, 3.8) is 0 Å². The van der Waals surface area contributed by atoms with Crippen molar-refractivity contribution in [3.05, 3.63) is 85.1 Å². The van der Waals surface area contributed by atoms with Gasteiger partial charge in [0.15, 0.2) is 18.9 Å². The molecule has 1 amide bonds. The number of carbonyl (C=O) groups excluding carboxylic acids is 1. The Balaban J connectivity index is 1.39. The van der Waals surface area contributed by atoms with Gasteiger partial charge in [0.2, 0.25) is 5.91 Å². The van der Waals surface area contributed by atoms with Gasteiger partial charge >= 0.3 is 0 Å². The predicted molar refractivity (Wildman–Crippen MR) is 392 cm³/mol. The minimum atomic E-state index is -1.98. The van der Waals surface area contributed by atoms with Gasteiger partial charge in [-0.3, -0.25) is 4.79 Å². The van der Waals surface area contributed by atoms with Gasteiger partial charge in [-0.15, -0.1) is 0 Å². The van der Waals surface area contributed by atoms with Crippen LogP contribution in [0.15, 0.2) is 85.1 Å². The van der Waals surface area contributed by atoms with Gasteiger partial charge in [0, 0.05) is 6.42 Å². The second-order valence-corrected chi connectivity index (χ2v) is 27.8. The highest BCUT2D eigenvalue weighted by molar-refractivity contribution is 5.76. The Hall–Kier alpha value is -3.03. The van der Waals surface area contributed by atoms with Crippen LogP contribution in [0.5, 0.6) is 0 Å². The van der Waals surface area contributed by atoms with Crippen molar-refractivity contribution in [3.8, 4) is 0 Å². The van der Waals surface area contributed by atoms with Gasteiger partial charge in [-0.25, -0.2) is 0 Å². The lowest BCUT2D eigenvalue weighted by atomic mass is 9.96. The number of unbranched alkanes of at least 4 members (excludes halogenated alkanes) is 31. The summed E-state index contributed by atoms with van der Waals surface area (Å²) in [7, 11) is 0. The molecule has 0 bridgehead atoms. The Kier molecular flexibility index (Phi) is 54.9. The van der Waals surface area contributed by atoms with Crippen molar-refractivity contribution < 1.29 is 89.4 Å². The van der Waals surface area contributed by atoms with Crippen LogP contribution in [0.2, 0.25) is 0 Å². The normalized spacial score (nSPS) is 27.1. The molecule has 574 valence electrons. The molecule has 3 aliphatic rings. The largest absolute Gasteiger partial charge is 0.394 e. The molecule has 3 rings (SSSR count). The highest BCUT2D eigenvalue weighted by Gasteiger charge is 2.54. The summed E-state index contributed by atoms with van der Waals surface area (Å²) in [5, 5.41) is 121. The molecule has 0 aromatic heterocycles. The molecular formula is C80H141NO18. The smallest absolute Gasteiger partial charge is 0.220 e. The first-order valence-electron chi connectivity index (χ1n) is 39.3. The van der Waals surface area contributed by atoms with E-state index >= 15 is 0 Å². The molecule has 0 aromatic rings. The van der Waals surface area contributed by atoms with E-state index in [1.165, 1.54) is 173 Å². The maximum Gasteiger partial charge on any atom is 0.220 e. The summed E-state index contributed by atoms with van der Waals surface area (Å²) in [6.45, 7) is 1.67. The summed E-state index contributed by atoms with van der Waals surface area (Å²) in [6, 6.07) is -0.926. The average molecular weight is 1400 g/mol. The van der Waals surface area contributed by atoms with Gasteiger partial charge in [0.05, 0.1) is 38.6 Å². The van der Waals surface area contributed by atoms with E-state index in [2.05, 4.69) is 98.2 Å². The molecule has 3 heterocycles. The van der Waals surface area contributed by atoms with Crippen LogP contribution in [0.3, 0.4) is 0 Å². The summed E-state index contributed by atoms with van der Waals surface area (Å²) < 4.78 is 34.5. The van der Waals surface area contributed by atoms with Crippen LogP contribution >= 0.6 is 0 Å². The molecule has 17 atom stereocenters. The number of nitrogens with one attached hydrogen (secondary N) is 1. The van der Waals surface area contributed by atoms with Crippen molar-refractivity contribution in [1.29, 1.82) is 0 Å². The molecule has 12 N–H and O–H groups in total. The van der Waals surface area contributed by atoms with Crippen LogP contribution in [-0.4, -0.2) is 193 Å². The van der Waals surface area contributed by atoms with Gasteiger partial charge in [-0.2, -0.15) is 0 Å². The highest BCUT2D eigenvalue weighted by Crippen LogP contribution is 2.33. The molecule has 99 heavy (non-hydrogen) atoms. The predicted octanol–water partition coefficient (Wildman–Crippen LogP) is 12.6. The number of aliphatic hydroxyl groups is 11. The Bertz CT molecular complexity index is 2120. The number of rotatable bonds is 61. The summed E-state index contributed by atoms with van der Waals surface area (Å²) >= 11 is 0. The van der Waals surface area contributed by atoms with Crippen molar-refractivity contribution in [1.82, 2.24) is 5.32 Å². The minimum Gasteiger partial charge on any atom is -0.394 e. The van der Waals surface area contributed by atoms with E-state index in [1.54, 1.807) is 0 Å². The topological polar surface area (TPSA) is 307 Å². The first-order valence-corrected chi connectivity index (χ1v) is 39.3. The molecule has 0 saturated carbocycles. The van der Waals surface area contributed by atoms with Gasteiger partial charge < -0.3 is 89.9 Å². The number of hydrogen-bond donors (Lipinski definition) is 12. The first kappa shape index (κ1) is 90.2. The highest BCUT2D eigenvalue weighted by atomic mass is 16.8. The quantitative estimate of drug-likeness (QED) is 0.0199. The standard InChI is InChI=1S/C80H141NO18/c1-3-5-7-9-11-13-15-17-19-21-23-25-27-28-29-30-31-32-33-34-36-37-39-41-43-45-47-49-51-53-55-57-64(85)63(81-68(86)58-56-54-52-50-48-46-44-42-40-38-35-26-24-22-20-18-16-14-12-10-8-6-4-2)62-94-78-74(92)71(89)76(66(60-83)96-78)99-80-75(93)72(90)77(67(61-84)97-80)98-79-73(91)70(88)69(87)65(59-82)95-79/h6,8,12,14,18,20,24,26,38,40,44,46,50,52,63-67,69-80,82-85,87-93H,3-5,7,9-11,13,15-17,19,21-23,25,27-37,39,41-43,45,47-49,51,53-62H2,1-2H3,(H,81,86)/b8-6-,14-12-,20-18-,26-24-,40-38-,46-44-,52-50-. The third-order valence-electron chi connectivity index (χ3n) is 19.2. The molecule has 0 spiro atoms. The monoisotopic (exact) mass is 1400 g/mol. The number of amides is 1. The molecule has 19 heteroatoms. The van der Waals surface area contributed by atoms with E-state index in [0.717, 1.165) is 64.2 Å². The average Bonchev–Trinajstić information content (AvgIpc) is 0.782. The number of aliphatic hydroxyl groups excluding tert-OH is 11. The zero-order chi connectivity index (χ0) is 71.8. The van der Waals surface area contributed by atoms with E-state index in [0.29, 0.717) is 25.7 Å². The molecular weight excluding hydrogens is 1260 g/mol. The van der Waals surface area contributed by atoms with Crippen molar-refractivity contribution in [2.24, 2.45) is 0 Å². The summed E-state index contributed by atoms with van der Waals surface area (Å²) in [5.74, 6) is -0.300. The Morgan fingerprint density at radius 1 is 0.374 bits per heavy atom. The van der Waals surface area contributed by atoms with Gasteiger partial charge in [0.25, 0.3) is 0 Å². The third-order valence-corrected chi connectivity index (χ3v) is 19.2. The Labute approximate surface area is 597 Å². The maximum absolute atomic E-state index is 13.4. The first-order chi connectivity index (χ1) is 48.3. The lowest BCUT2D eigenvalue weighted by Crippen LogP contribution is -2.66. The maximum atomic E-state index is 13.4. The molecule has 0 aromatic carbocycles. The Morgan fingerprint density at radius 2 is 0.687 bits per heavy atom. The number of hydrogen-bond acceptors (Lipinski definition) is 18. The van der Waals surface area contributed by atoms with Crippen LogP contribution in [0, 0.1) is 0 Å². The van der Waals surface area contributed by atoms with Crippen LogP contribution in [0.25, 0.3) is 0 Å². The van der Waals surface area contributed by atoms with Crippen molar-refractivity contribution >= 4 is 5.91 Å². The van der Waals surface area contributed by atoms with E-state index in [4.69, 9.17) is 28.4 Å². The van der Waals surface area contributed by atoms with Gasteiger partial charge in [-0.05, 0) is 64.2 Å². The second kappa shape index (κ2) is 60.3. The van der Waals surface area contributed by atoms with Crippen molar-refractivity contribution in [2.75, 3.05) is 26.4 Å². The summed E-state index contributed by atoms with van der Waals surface area (Å²) in [6.07, 6.45) is 52.5. The van der Waals surface area contributed by atoms with E-state index in [-0.39, 0.29) is 18.9 Å². The zero-order valence-electron chi connectivity index (χ0n) is 61.2. The van der Waals surface area contributed by atoms with Crippen LogP contribution in [-0.2, 0) is 33.2 Å². The lowest BCUT2D eigenvalue weighted by Gasteiger charge is -2.48. The van der Waals surface area contributed by atoms with E-state index in [9.17, 15) is 61.0 Å². The molecule has 0 aliphatic carbocycles. The number of allylic oxidation sites excluding steroid dienone is 14. The summed E-state index contributed by atoms with van der Waals surface area (Å²) in [5.41, 5.74) is 0. The second-order valence-electron chi connectivity index (χ2n) is 27.8. The number of ether oxygens (including phenoxy) is 6. The summed E-state index contributed by atoms with van der Waals surface area (Å²) in [4.78, 5) is 13.4. The molecule has 17 unspecified atom stereocenters. The minimum absolute atomic E-state index is 0.182. The fraction of sp³-hybridized carbons (Fsp3) is 0.812. The molecule has 3 fully saturated rings. The molecule has 0 radical (unpaired) electrons. The molecule has 3 aliphatic heterocycles. The molecule has 3 saturated heterocycles. The van der Waals surface area contributed by atoms with Crippen LogP contribution in [0.4, 0.5) is 0 Å². The fourth-order valence-electron chi connectivity index (χ4n) is 13.0.